The molecule has 0 fully saturated rings. The highest BCUT2D eigenvalue weighted by molar-refractivity contribution is 6.05. The summed E-state index contributed by atoms with van der Waals surface area (Å²) in [6, 6.07) is 1.39. The summed E-state index contributed by atoms with van der Waals surface area (Å²) in [5, 5.41) is 2.92. The average Bonchev–Trinajstić information content (AvgIpc) is 2.53. The lowest BCUT2D eigenvalue weighted by Gasteiger charge is -2.16. The number of hydrogen-bond donors (Lipinski definition) is 2. The maximum absolute atomic E-state index is 12.7. The normalized spacial score (nSPS) is 12.6. The number of nitrogens with one attached hydrogen (secondary N) is 2. The number of nitrogens with zero attached hydrogens (tertiary/aromatic N) is 2. The van der Waals surface area contributed by atoms with Crippen molar-refractivity contribution in [2.24, 2.45) is 0 Å². The zero-order valence-corrected chi connectivity index (χ0v) is 15.2. The van der Waals surface area contributed by atoms with E-state index in [1.807, 2.05) is 13.8 Å². The van der Waals surface area contributed by atoms with Gasteiger partial charge in [0.2, 0.25) is 0 Å². The molecule has 8 heteroatoms. The van der Waals surface area contributed by atoms with Gasteiger partial charge in [0.15, 0.2) is 5.65 Å². The lowest BCUT2D eigenvalue weighted by molar-refractivity contribution is 0.0907. The monoisotopic (exact) mass is 348 g/mol. The first kappa shape index (κ1) is 18.9. The van der Waals surface area contributed by atoms with Crippen molar-refractivity contribution in [2.75, 3.05) is 13.7 Å². The van der Waals surface area contributed by atoms with E-state index in [0.717, 1.165) is 0 Å². The third-order valence-electron chi connectivity index (χ3n) is 3.92. The van der Waals surface area contributed by atoms with Crippen LogP contribution in [-0.2, 0) is 11.3 Å². The molecule has 1 atom stereocenters. The molecule has 136 valence electrons. The summed E-state index contributed by atoms with van der Waals surface area (Å²) in [6.07, 6.45) is 0. The molecule has 0 bridgehead atoms. The lowest BCUT2D eigenvalue weighted by atomic mass is 10.0. The molecule has 2 aromatic heterocycles. The first-order valence-electron chi connectivity index (χ1n) is 8.27. The maximum Gasteiger partial charge on any atom is 0.329 e. The van der Waals surface area contributed by atoms with Crippen LogP contribution in [0.4, 0.5) is 0 Å². The minimum absolute atomic E-state index is 0.0343. The van der Waals surface area contributed by atoms with Crippen molar-refractivity contribution in [1.82, 2.24) is 19.9 Å². The molecule has 0 aliphatic rings. The van der Waals surface area contributed by atoms with Crippen LogP contribution in [0, 0.1) is 0 Å². The fourth-order valence-corrected chi connectivity index (χ4v) is 2.65. The molecular weight excluding hydrogens is 324 g/mol. The average molecular weight is 348 g/mol. The minimum Gasteiger partial charge on any atom is -0.383 e. The molecule has 2 rings (SSSR count). The van der Waals surface area contributed by atoms with Gasteiger partial charge in [-0.2, -0.15) is 0 Å². The SMILES string of the molecule is CCn1c(=O)[nH]c(=O)c2c(C(=O)N[C@H](C)COC)cc(C(C)C)nc21. The van der Waals surface area contributed by atoms with Gasteiger partial charge in [0, 0.05) is 25.4 Å². The molecule has 2 heterocycles. The third-order valence-corrected chi connectivity index (χ3v) is 3.92. The Bertz CT molecular complexity index is 898. The van der Waals surface area contributed by atoms with Gasteiger partial charge in [-0.05, 0) is 25.8 Å². The van der Waals surface area contributed by atoms with E-state index in [1.54, 1.807) is 27.0 Å². The van der Waals surface area contributed by atoms with Gasteiger partial charge in [-0.25, -0.2) is 9.78 Å². The second kappa shape index (κ2) is 7.60. The van der Waals surface area contributed by atoms with E-state index in [4.69, 9.17) is 4.74 Å². The van der Waals surface area contributed by atoms with Gasteiger partial charge in [0.05, 0.1) is 17.6 Å². The van der Waals surface area contributed by atoms with Crippen LogP contribution in [0.5, 0.6) is 0 Å². The number of H-pyrrole nitrogens is 1. The van der Waals surface area contributed by atoms with E-state index in [1.165, 1.54) is 4.57 Å². The number of rotatable bonds is 6. The van der Waals surface area contributed by atoms with E-state index >= 15 is 0 Å². The van der Waals surface area contributed by atoms with Crippen molar-refractivity contribution >= 4 is 16.9 Å². The molecule has 0 spiro atoms. The Morgan fingerprint density at radius 2 is 2.04 bits per heavy atom. The molecule has 0 unspecified atom stereocenters. The summed E-state index contributed by atoms with van der Waals surface area (Å²) in [7, 11) is 1.55. The van der Waals surface area contributed by atoms with Crippen LogP contribution < -0.4 is 16.6 Å². The topological polar surface area (TPSA) is 106 Å². The van der Waals surface area contributed by atoms with Crippen molar-refractivity contribution in [3.63, 3.8) is 0 Å². The summed E-state index contributed by atoms with van der Waals surface area (Å²) in [6.45, 7) is 8.14. The Labute approximate surface area is 145 Å². The summed E-state index contributed by atoms with van der Waals surface area (Å²) in [5.74, 6) is -0.363. The molecular formula is C17H24N4O4. The molecule has 0 saturated carbocycles. The number of fused-ring (bicyclic) bond motifs is 1. The number of carbonyl (C=O) groups is 1. The first-order chi connectivity index (χ1) is 11.8. The molecule has 2 aromatic rings. The largest absolute Gasteiger partial charge is 0.383 e. The van der Waals surface area contributed by atoms with E-state index in [0.29, 0.717) is 18.8 Å². The Hall–Kier alpha value is -2.48. The number of aryl methyl sites for hydroxylation is 1. The number of aromatic nitrogens is 3. The van der Waals surface area contributed by atoms with Gasteiger partial charge in [-0.3, -0.25) is 19.1 Å². The number of hydrogen-bond acceptors (Lipinski definition) is 5. The second-order valence-corrected chi connectivity index (χ2v) is 6.28. The summed E-state index contributed by atoms with van der Waals surface area (Å²) < 4.78 is 6.38. The quantitative estimate of drug-likeness (QED) is 0.810. The fourth-order valence-electron chi connectivity index (χ4n) is 2.65. The predicted octanol–water partition coefficient (Wildman–Crippen LogP) is 0.993. The number of aromatic amines is 1. The highest BCUT2D eigenvalue weighted by atomic mass is 16.5. The Morgan fingerprint density at radius 3 is 2.60 bits per heavy atom. The van der Waals surface area contributed by atoms with Crippen LogP contribution in [0.3, 0.4) is 0 Å². The van der Waals surface area contributed by atoms with E-state index in [-0.39, 0.29) is 28.6 Å². The zero-order valence-electron chi connectivity index (χ0n) is 15.2. The molecule has 8 nitrogen and oxygen atoms in total. The van der Waals surface area contributed by atoms with Gasteiger partial charge in [-0.15, -0.1) is 0 Å². The third kappa shape index (κ3) is 3.79. The molecule has 2 N–H and O–H groups in total. The second-order valence-electron chi connectivity index (χ2n) is 6.28. The minimum atomic E-state index is -0.614. The molecule has 25 heavy (non-hydrogen) atoms. The number of pyridine rings is 1. The van der Waals surface area contributed by atoms with Crippen LogP contribution >= 0.6 is 0 Å². The number of ether oxygens (including phenoxy) is 1. The predicted molar refractivity (Wildman–Crippen MR) is 95.2 cm³/mol. The van der Waals surface area contributed by atoms with Crippen LogP contribution in [0.1, 0.15) is 49.7 Å². The summed E-state index contributed by atoms with van der Waals surface area (Å²) >= 11 is 0. The summed E-state index contributed by atoms with van der Waals surface area (Å²) in [5.41, 5.74) is -0.0686. The molecule has 0 saturated heterocycles. The van der Waals surface area contributed by atoms with Crippen molar-refractivity contribution < 1.29 is 9.53 Å². The molecule has 0 aliphatic carbocycles. The molecule has 0 radical (unpaired) electrons. The number of amides is 1. The summed E-state index contributed by atoms with van der Waals surface area (Å²) in [4.78, 5) is 43.9. The van der Waals surface area contributed by atoms with Crippen LogP contribution in [-0.4, -0.2) is 40.2 Å². The van der Waals surface area contributed by atoms with Gasteiger partial charge < -0.3 is 10.1 Å². The Morgan fingerprint density at radius 1 is 1.36 bits per heavy atom. The van der Waals surface area contributed by atoms with Crippen molar-refractivity contribution in [3.05, 3.63) is 38.2 Å². The highest BCUT2D eigenvalue weighted by Gasteiger charge is 2.21. The van der Waals surface area contributed by atoms with E-state index in [9.17, 15) is 14.4 Å². The lowest BCUT2D eigenvalue weighted by Crippen LogP contribution is -2.37. The Kier molecular flexibility index (Phi) is 5.73. The van der Waals surface area contributed by atoms with Crippen molar-refractivity contribution in [1.29, 1.82) is 0 Å². The van der Waals surface area contributed by atoms with Crippen LogP contribution in [0.2, 0.25) is 0 Å². The van der Waals surface area contributed by atoms with Crippen LogP contribution in [0.25, 0.3) is 11.0 Å². The molecule has 1 amide bonds. The smallest absolute Gasteiger partial charge is 0.329 e. The van der Waals surface area contributed by atoms with E-state index in [2.05, 4.69) is 15.3 Å². The van der Waals surface area contributed by atoms with Crippen molar-refractivity contribution in [2.45, 2.75) is 46.2 Å². The first-order valence-corrected chi connectivity index (χ1v) is 8.27. The molecule has 0 aromatic carbocycles. The maximum atomic E-state index is 12.7. The number of methoxy groups -OCH3 is 1. The Balaban J connectivity index is 2.75. The molecule has 0 aliphatic heterocycles. The van der Waals surface area contributed by atoms with Gasteiger partial charge >= 0.3 is 5.69 Å². The standard InChI is InChI=1S/C17H24N4O4/c1-6-21-14-13(16(23)20-17(21)24)11(7-12(19-14)9(2)3)15(22)18-10(4)8-25-5/h7,9-10H,6,8H2,1-5H3,(H,18,22)(H,20,23,24)/t10-/m1/s1. The van der Waals surface area contributed by atoms with Crippen molar-refractivity contribution in [3.8, 4) is 0 Å². The zero-order chi connectivity index (χ0) is 18.7. The van der Waals surface area contributed by atoms with Gasteiger partial charge in [0.25, 0.3) is 11.5 Å². The highest BCUT2D eigenvalue weighted by Crippen LogP contribution is 2.19. The fraction of sp³-hybridized carbons (Fsp3) is 0.529. The number of carbonyl (C=O) groups excluding carboxylic acids is 1. The van der Waals surface area contributed by atoms with Gasteiger partial charge in [0.1, 0.15) is 0 Å². The van der Waals surface area contributed by atoms with Gasteiger partial charge in [-0.1, -0.05) is 13.8 Å². The van der Waals surface area contributed by atoms with Crippen LogP contribution in [0.15, 0.2) is 15.7 Å². The van der Waals surface area contributed by atoms with E-state index < -0.39 is 17.2 Å².